The van der Waals surface area contributed by atoms with Crippen LogP contribution in [0.4, 0.5) is 0 Å². The van der Waals surface area contributed by atoms with Crippen molar-refractivity contribution in [3.8, 4) is 0 Å². The van der Waals surface area contributed by atoms with Crippen LogP contribution in [0.15, 0.2) is 5.16 Å². The molecule has 4 nitrogen and oxygen atoms in total. The summed E-state index contributed by atoms with van der Waals surface area (Å²) in [6.45, 7) is 4.92. The Kier molecular flexibility index (Phi) is 7.02. The maximum absolute atomic E-state index is 10.9. The van der Waals surface area contributed by atoms with Crippen molar-refractivity contribution < 1.29 is 10.0 Å². The number of oxime groups is 1. The lowest BCUT2D eigenvalue weighted by atomic mass is 10.2. The smallest absolute Gasteiger partial charge is 0.178 e. The fraction of sp³-hybridized carbons (Fsp3) is 0.800. The first-order valence-electron chi connectivity index (χ1n) is 5.02. The molecule has 0 aliphatic heterocycles. The lowest BCUT2D eigenvalue weighted by Gasteiger charge is -2.15. The minimum atomic E-state index is -0.171. The average Bonchev–Trinajstić information content (AvgIpc) is 2.14. The fourth-order valence-electron chi connectivity index (χ4n) is 1.18. The normalized spacial score (nSPS) is 12.1. The molecule has 0 amide bonds. The molecule has 0 radical (unpaired) electrons. The van der Waals surface area contributed by atoms with Gasteiger partial charge in [-0.05, 0) is 20.0 Å². The van der Waals surface area contributed by atoms with E-state index in [1.807, 2.05) is 11.9 Å². The summed E-state index contributed by atoms with van der Waals surface area (Å²) >= 11 is 0. The zero-order chi connectivity index (χ0) is 11.0. The minimum Gasteiger partial charge on any atom is -0.411 e. The second kappa shape index (κ2) is 7.50. The van der Waals surface area contributed by atoms with Crippen LogP contribution in [0.3, 0.4) is 0 Å². The van der Waals surface area contributed by atoms with Crippen LogP contribution < -0.4 is 0 Å². The zero-order valence-electron chi connectivity index (χ0n) is 9.29. The molecule has 0 aromatic carbocycles. The van der Waals surface area contributed by atoms with Crippen molar-refractivity contribution in [1.29, 1.82) is 0 Å². The number of hydrogen-bond donors (Lipinski definition) is 1. The van der Waals surface area contributed by atoms with Gasteiger partial charge in [-0.2, -0.15) is 0 Å². The highest BCUT2D eigenvalue weighted by atomic mass is 16.4. The number of carbonyl (C=O) groups excluding carboxylic acids is 1. The highest BCUT2D eigenvalue weighted by Crippen LogP contribution is 1.96. The summed E-state index contributed by atoms with van der Waals surface area (Å²) in [6.07, 6.45) is 3.49. The van der Waals surface area contributed by atoms with Gasteiger partial charge in [0.05, 0.1) is 0 Å². The van der Waals surface area contributed by atoms with E-state index in [9.17, 15) is 4.79 Å². The van der Waals surface area contributed by atoms with E-state index in [2.05, 4.69) is 12.1 Å². The molecule has 14 heavy (non-hydrogen) atoms. The predicted octanol–water partition coefficient (Wildman–Crippen LogP) is 1.53. The lowest BCUT2D eigenvalue weighted by Crippen LogP contribution is -2.30. The van der Waals surface area contributed by atoms with Crippen molar-refractivity contribution in [3.63, 3.8) is 0 Å². The molecule has 0 saturated heterocycles. The van der Waals surface area contributed by atoms with E-state index in [0.29, 0.717) is 6.54 Å². The van der Waals surface area contributed by atoms with Gasteiger partial charge in [0.15, 0.2) is 5.78 Å². The van der Waals surface area contributed by atoms with Crippen LogP contribution in [0.25, 0.3) is 0 Å². The molecule has 0 unspecified atom stereocenters. The maximum atomic E-state index is 10.9. The van der Waals surface area contributed by atoms with Crippen LogP contribution in [-0.2, 0) is 4.79 Å². The first-order valence-corrected chi connectivity index (χ1v) is 5.02. The molecule has 0 aromatic rings. The molecule has 0 spiro atoms. The fourth-order valence-corrected chi connectivity index (χ4v) is 1.18. The molecule has 0 rings (SSSR count). The molecule has 0 fully saturated rings. The SMILES string of the molecule is CCCCCN(C)CC(=NO)C(C)=O. The number of nitrogens with zero attached hydrogens (tertiary/aromatic N) is 2. The molecule has 0 aromatic heterocycles. The molecular formula is C10H20N2O2. The van der Waals surface area contributed by atoms with Crippen molar-refractivity contribution in [2.75, 3.05) is 20.1 Å². The van der Waals surface area contributed by atoms with Gasteiger partial charge in [0.25, 0.3) is 0 Å². The van der Waals surface area contributed by atoms with Gasteiger partial charge >= 0.3 is 0 Å². The van der Waals surface area contributed by atoms with E-state index in [1.54, 1.807) is 0 Å². The van der Waals surface area contributed by atoms with Crippen molar-refractivity contribution in [2.24, 2.45) is 5.16 Å². The first-order chi connectivity index (χ1) is 6.61. The Labute approximate surface area is 85.6 Å². The Hall–Kier alpha value is -0.900. The largest absolute Gasteiger partial charge is 0.411 e. The molecule has 1 N–H and O–H groups in total. The number of ketones is 1. The Morgan fingerprint density at radius 1 is 1.43 bits per heavy atom. The highest BCUT2D eigenvalue weighted by Gasteiger charge is 2.09. The van der Waals surface area contributed by atoms with Gasteiger partial charge in [-0.3, -0.25) is 4.79 Å². The predicted molar refractivity (Wildman–Crippen MR) is 56.9 cm³/mol. The first kappa shape index (κ1) is 13.1. The van der Waals surface area contributed by atoms with Crippen molar-refractivity contribution in [3.05, 3.63) is 0 Å². The lowest BCUT2D eigenvalue weighted by molar-refractivity contribution is -0.111. The van der Waals surface area contributed by atoms with Gasteiger partial charge in [0.2, 0.25) is 0 Å². The van der Waals surface area contributed by atoms with Gasteiger partial charge in [-0.25, -0.2) is 0 Å². The molecule has 0 aliphatic rings. The third-order valence-electron chi connectivity index (χ3n) is 2.09. The topological polar surface area (TPSA) is 52.9 Å². The highest BCUT2D eigenvalue weighted by molar-refractivity contribution is 6.39. The van der Waals surface area contributed by atoms with Crippen LogP contribution in [-0.4, -0.2) is 41.7 Å². The maximum Gasteiger partial charge on any atom is 0.178 e. The molecule has 0 aliphatic carbocycles. The summed E-state index contributed by atoms with van der Waals surface area (Å²) < 4.78 is 0. The third kappa shape index (κ3) is 5.70. The second-order valence-corrected chi connectivity index (χ2v) is 3.55. The van der Waals surface area contributed by atoms with Crippen molar-refractivity contribution in [1.82, 2.24) is 4.90 Å². The number of rotatable bonds is 7. The van der Waals surface area contributed by atoms with E-state index < -0.39 is 0 Å². The molecule has 0 heterocycles. The molecule has 82 valence electrons. The molecule has 0 atom stereocenters. The van der Waals surface area contributed by atoms with E-state index in [4.69, 9.17) is 5.21 Å². The van der Waals surface area contributed by atoms with Crippen LogP contribution >= 0.6 is 0 Å². The standard InChI is InChI=1S/C10H20N2O2/c1-4-5-6-7-12(3)8-10(11-14)9(2)13/h14H,4-8H2,1-3H3. The Morgan fingerprint density at radius 2 is 2.07 bits per heavy atom. The number of hydrogen-bond acceptors (Lipinski definition) is 4. The number of carbonyl (C=O) groups is 1. The van der Waals surface area contributed by atoms with Crippen LogP contribution in [0.1, 0.15) is 33.1 Å². The van der Waals surface area contributed by atoms with Crippen molar-refractivity contribution in [2.45, 2.75) is 33.1 Å². The second-order valence-electron chi connectivity index (χ2n) is 3.55. The van der Waals surface area contributed by atoms with Gasteiger partial charge in [-0.15, -0.1) is 0 Å². The summed E-state index contributed by atoms with van der Waals surface area (Å²) in [4.78, 5) is 12.9. The number of unbranched alkanes of at least 4 members (excludes halogenated alkanes) is 2. The molecule has 0 bridgehead atoms. The summed E-state index contributed by atoms with van der Waals surface area (Å²) in [6, 6.07) is 0. The monoisotopic (exact) mass is 200 g/mol. The summed E-state index contributed by atoms with van der Waals surface area (Å²) in [5.74, 6) is -0.171. The van der Waals surface area contributed by atoms with E-state index in [0.717, 1.165) is 13.0 Å². The Balaban J connectivity index is 3.80. The van der Waals surface area contributed by atoms with Gasteiger partial charge < -0.3 is 10.1 Å². The Bertz CT molecular complexity index is 202. The van der Waals surface area contributed by atoms with Crippen LogP contribution in [0.2, 0.25) is 0 Å². The van der Waals surface area contributed by atoms with Crippen molar-refractivity contribution >= 4 is 11.5 Å². The van der Waals surface area contributed by atoms with Crippen LogP contribution in [0, 0.1) is 0 Å². The van der Waals surface area contributed by atoms with Gasteiger partial charge in [0.1, 0.15) is 5.71 Å². The summed E-state index contributed by atoms with van der Waals surface area (Å²) in [7, 11) is 1.92. The van der Waals surface area contributed by atoms with E-state index >= 15 is 0 Å². The van der Waals surface area contributed by atoms with Gasteiger partial charge in [0, 0.05) is 13.5 Å². The minimum absolute atomic E-state index is 0.171. The molecule has 4 heteroatoms. The van der Waals surface area contributed by atoms with E-state index in [1.165, 1.54) is 19.8 Å². The van der Waals surface area contributed by atoms with Gasteiger partial charge in [-0.1, -0.05) is 24.9 Å². The zero-order valence-corrected chi connectivity index (χ0v) is 9.29. The average molecular weight is 200 g/mol. The number of Topliss-reactive ketones (excluding diaryl/α,β-unsaturated/α-hetero) is 1. The van der Waals surface area contributed by atoms with Crippen LogP contribution in [0.5, 0.6) is 0 Å². The quantitative estimate of drug-likeness (QED) is 0.293. The summed E-state index contributed by atoms with van der Waals surface area (Å²) in [5.41, 5.74) is 0.226. The molecular weight excluding hydrogens is 180 g/mol. The summed E-state index contributed by atoms with van der Waals surface area (Å²) in [5, 5.41) is 11.5. The molecule has 0 saturated carbocycles. The third-order valence-corrected chi connectivity index (χ3v) is 2.09. The Morgan fingerprint density at radius 3 is 2.50 bits per heavy atom. The van der Waals surface area contributed by atoms with E-state index in [-0.39, 0.29) is 11.5 Å².